The van der Waals surface area contributed by atoms with Gasteiger partial charge in [0.1, 0.15) is 10.1 Å². The van der Waals surface area contributed by atoms with E-state index in [4.69, 9.17) is 0 Å². The molecule has 0 saturated carbocycles. The SMILES string of the molecule is CCCCC(CC)CNC(C)S(=O)(=O)[O-]. The van der Waals surface area contributed by atoms with Crippen molar-refractivity contribution >= 4 is 10.1 Å². The normalized spacial score (nSPS) is 16.3. The van der Waals surface area contributed by atoms with Gasteiger partial charge in [0.15, 0.2) is 0 Å². The number of unbranched alkanes of at least 4 members (excludes halogenated alkanes) is 1. The van der Waals surface area contributed by atoms with Crippen LogP contribution < -0.4 is 5.32 Å². The van der Waals surface area contributed by atoms with Gasteiger partial charge in [-0.1, -0.05) is 33.1 Å². The first-order chi connectivity index (χ1) is 6.91. The molecule has 0 rings (SSSR count). The average molecular weight is 236 g/mol. The smallest absolute Gasteiger partial charge is 0.111 e. The predicted octanol–water partition coefficient (Wildman–Crippen LogP) is 1.68. The Morgan fingerprint density at radius 2 is 1.93 bits per heavy atom. The monoisotopic (exact) mass is 236 g/mol. The zero-order valence-corrected chi connectivity index (χ0v) is 10.6. The van der Waals surface area contributed by atoms with Gasteiger partial charge >= 0.3 is 0 Å². The van der Waals surface area contributed by atoms with Crippen molar-refractivity contribution in [2.45, 2.75) is 51.8 Å². The van der Waals surface area contributed by atoms with Gasteiger partial charge in [-0.15, -0.1) is 0 Å². The minimum Gasteiger partial charge on any atom is -0.747 e. The molecule has 0 saturated heterocycles. The molecule has 2 atom stereocenters. The van der Waals surface area contributed by atoms with E-state index < -0.39 is 15.5 Å². The van der Waals surface area contributed by atoms with Crippen molar-refractivity contribution in [3.63, 3.8) is 0 Å². The van der Waals surface area contributed by atoms with E-state index in [1.165, 1.54) is 6.92 Å². The third-order valence-electron chi connectivity index (χ3n) is 2.67. The quantitative estimate of drug-likeness (QED) is 0.651. The van der Waals surface area contributed by atoms with Gasteiger partial charge in [-0.3, -0.25) is 0 Å². The second-order valence-electron chi connectivity index (χ2n) is 3.96. The molecule has 0 bridgehead atoms. The highest BCUT2D eigenvalue weighted by Crippen LogP contribution is 2.11. The summed E-state index contributed by atoms with van der Waals surface area (Å²) in [5.74, 6) is 0.467. The van der Waals surface area contributed by atoms with Crippen molar-refractivity contribution in [3.8, 4) is 0 Å². The first kappa shape index (κ1) is 14.9. The third-order valence-corrected chi connectivity index (χ3v) is 3.70. The molecule has 2 unspecified atom stereocenters. The van der Waals surface area contributed by atoms with Crippen molar-refractivity contribution in [1.29, 1.82) is 0 Å². The fourth-order valence-corrected chi connectivity index (χ4v) is 1.68. The van der Waals surface area contributed by atoms with Crippen molar-refractivity contribution in [1.82, 2.24) is 5.32 Å². The fourth-order valence-electron chi connectivity index (χ4n) is 1.38. The molecule has 0 aromatic heterocycles. The van der Waals surface area contributed by atoms with Crippen LogP contribution in [0.25, 0.3) is 0 Å². The molecule has 0 aromatic rings. The lowest BCUT2D eigenvalue weighted by molar-refractivity contribution is 0.395. The summed E-state index contributed by atoms with van der Waals surface area (Å²) in [5.41, 5.74) is 0. The van der Waals surface area contributed by atoms with Crippen LogP contribution in [0, 0.1) is 5.92 Å². The molecular weight excluding hydrogens is 214 g/mol. The highest BCUT2D eigenvalue weighted by molar-refractivity contribution is 7.86. The second-order valence-corrected chi connectivity index (χ2v) is 5.65. The zero-order valence-electron chi connectivity index (χ0n) is 9.82. The molecule has 15 heavy (non-hydrogen) atoms. The predicted molar refractivity (Wildman–Crippen MR) is 60.5 cm³/mol. The number of hydrogen-bond donors (Lipinski definition) is 1. The third kappa shape index (κ3) is 6.87. The molecular formula is C10H22NO3S-. The molecule has 0 fully saturated rings. The molecule has 1 N–H and O–H groups in total. The lowest BCUT2D eigenvalue weighted by Gasteiger charge is -2.21. The fraction of sp³-hybridized carbons (Fsp3) is 1.00. The van der Waals surface area contributed by atoms with E-state index in [1.807, 2.05) is 0 Å². The van der Waals surface area contributed by atoms with Crippen molar-refractivity contribution in [2.75, 3.05) is 6.54 Å². The molecule has 92 valence electrons. The Bertz CT molecular complexity index is 251. The summed E-state index contributed by atoms with van der Waals surface area (Å²) in [6.45, 7) is 6.22. The van der Waals surface area contributed by atoms with Gasteiger partial charge < -0.3 is 9.87 Å². The Labute approximate surface area is 93.2 Å². The van der Waals surface area contributed by atoms with Gasteiger partial charge in [0.2, 0.25) is 0 Å². The minimum absolute atomic E-state index is 0.467. The second kappa shape index (κ2) is 7.19. The van der Waals surface area contributed by atoms with Crippen LogP contribution in [0.5, 0.6) is 0 Å². The first-order valence-electron chi connectivity index (χ1n) is 5.59. The summed E-state index contributed by atoms with van der Waals surface area (Å²) >= 11 is 0. The lowest BCUT2D eigenvalue weighted by Crippen LogP contribution is -2.36. The molecule has 0 aliphatic carbocycles. The van der Waals surface area contributed by atoms with Gasteiger partial charge in [-0.2, -0.15) is 0 Å². The van der Waals surface area contributed by atoms with Crippen molar-refractivity contribution < 1.29 is 13.0 Å². The van der Waals surface area contributed by atoms with Gasteiger partial charge in [-0.05, 0) is 25.8 Å². The van der Waals surface area contributed by atoms with Gasteiger partial charge in [0.05, 0.1) is 5.37 Å². The van der Waals surface area contributed by atoms with Crippen LogP contribution in [-0.4, -0.2) is 24.9 Å². The Morgan fingerprint density at radius 3 is 2.33 bits per heavy atom. The van der Waals surface area contributed by atoms with Gasteiger partial charge in [0, 0.05) is 0 Å². The Balaban J connectivity index is 3.90. The van der Waals surface area contributed by atoms with E-state index in [0.717, 1.165) is 25.7 Å². The topological polar surface area (TPSA) is 69.2 Å². The summed E-state index contributed by atoms with van der Waals surface area (Å²) in [6.07, 6.45) is 4.40. The van der Waals surface area contributed by atoms with E-state index in [0.29, 0.717) is 12.5 Å². The maximum atomic E-state index is 10.6. The summed E-state index contributed by atoms with van der Waals surface area (Å²) in [7, 11) is -4.19. The average Bonchev–Trinajstić information content (AvgIpc) is 2.16. The lowest BCUT2D eigenvalue weighted by atomic mass is 9.99. The zero-order chi connectivity index (χ0) is 11.9. The molecule has 4 nitrogen and oxygen atoms in total. The summed E-state index contributed by atoms with van der Waals surface area (Å²) in [5, 5.41) is 1.80. The van der Waals surface area contributed by atoms with Crippen LogP contribution in [0.3, 0.4) is 0 Å². The summed E-state index contributed by atoms with van der Waals surface area (Å²) in [4.78, 5) is 0. The summed E-state index contributed by atoms with van der Waals surface area (Å²) in [6, 6.07) is 0. The molecule has 0 spiro atoms. The minimum atomic E-state index is -4.19. The molecule has 0 radical (unpaired) electrons. The molecule has 0 aliphatic rings. The molecule has 5 heteroatoms. The van der Waals surface area contributed by atoms with Crippen molar-refractivity contribution in [2.24, 2.45) is 5.92 Å². The number of rotatable bonds is 8. The van der Waals surface area contributed by atoms with Crippen LogP contribution in [-0.2, 0) is 10.1 Å². The van der Waals surface area contributed by atoms with E-state index in [9.17, 15) is 13.0 Å². The van der Waals surface area contributed by atoms with Crippen LogP contribution >= 0.6 is 0 Å². The van der Waals surface area contributed by atoms with E-state index in [2.05, 4.69) is 19.2 Å². The highest BCUT2D eigenvalue weighted by atomic mass is 32.2. The Kier molecular flexibility index (Phi) is 7.13. The molecule has 0 heterocycles. The van der Waals surface area contributed by atoms with Gasteiger partial charge in [0.25, 0.3) is 0 Å². The Hall–Kier alpha value is -0.130. The van der Waals surface area contributed by atoms with E-state index >= 15 is 0 Å². The standard InChI is InChI=1S/C10H23NO3S/c1-4-6-7-10(5-2)8-11-9(3)15(12,13)14/h9-11H,4-8H2,1-3H3,(H,12,13,14)/p-1. The Morgan fingerprint density at radius 1 is 1.33 bits per heavy atom. The largest absolute Gasteiger partial charge is 0.747 e. The maximum Gasteiger partial charge on any atom is 0.111 e. The van der Waals surface area contributed by atoms with E-state index in [-0.39, 0.29) is 0 Å². The summed E-state index contributed by atoms with van der Waals surface area (Å²) < 4.78 is 31.9. The molecule has 0 amide bonds. The van der Waals surface area contributed by atoms with Crippen LogP contribution in [0.1, 0.15) is 46.5 Å². The van der Waals surface area contributed by atoms with Crippen LogP contribution in [0.15, 0.2) is 0 Å². The van der Waals surface area contributed by atoms with Crippen LogP contribution in [0.4, 0.5) is 0 Å². The maximum absolute atomic E-state index is 10.6. The highest BCUT2D eigenvalue weighted by Gasteiger charge is 2.11. The molecule has 0 aliphatic heterocycles. The van der Waals surface area contributed by atoms with E-state index in [1.54, 1.807) is 0 Å². The number of hydrogen-bond acceptors (Lipinski definition) is 4. The van der Waals surface area contributed by atoms with Crippen molar-refractivity contribution in [3.05, 3.63) is 0 Å². The van der Waals surface area contributed by atoms with Crippen LogP contribution in [0.2, 0.25) is 0 Å². The molecule has 0 aromatic carbocycles. The number of nitrogens with one attached hydrogen (secondary N) is 1. The first-order valence-corrected chi connectivity index (χ1v) is 7.07. The van der Waals surface area contributed by atoms with Gasteiger partial charge in [-0.25, -0.2) is 8.42 Å².